The highest BCUT2D eigenvalue weighted by Crippen LogP contribution is 2.27. The first-order valence-electron chi connectivity index (χ1n) is 6.32. The number of carbonyl (C=O) groups is 1. The molecule has 0 bridgehead atoms. The van der Waals surface area contributed by atoms with Crippen molar-refractivity contribution in [2.45, 2.75) is 0 Å². The molecule has 1 amide bonds. The van der Waals surface area contributed by atoms with Gasteiger partial charge in [0.15, 0.2) is 0 Å². The van der Waals surface area contributed by atoms with Crippen LogP contribution in [0.5, 0.6) is 5.75 Å². The van der Waals surface area contributed by atoms with Gasteiger partial charge in [0.2, 0.25) is 5.91 Å². The summed E-state index contributed by atoms with van der Waals surface area (Å²) in [6, 6.07) is 7.84. The van der Waals surface area contributed by atoms with E-state index in [1.165, 1.54) is 19.2 Å². The molecule has 7 heteroatoms. The molecule has 2 aromatic rings. The van der Waals surface area contributed by atoms with Crippen LogP contribution in [0.15, 0.2) is 36.4 Å². The van der Waals surface area contributed by atoms with E-state index in [9.17, 15) is 13.6 Å². The molecule has 0 radical (unpaired) electrons. The molecule has 0 heterocycles. The van der Waals surface area contributed by atoms with Crippen molar-refractivity contribution < 1.29 is 18.3 Å². The predicted octanol–water partition coefficient (Wildman–Crippen LogP) is 3.68. The van der Waals surface area contributed by atoms with Crippen molar-refractivity contribution in [3.05, 3.63) is 53.1 Å². The lowest BCUT2D eigenvalue weighted by molar-refractivity contribution is -0.114. The molecule has 0 aliphatic rings. The Labute approximate surface area is 131 Å². The zero-order valence-corrected chi connectivity index (χ0v) is 12.4. The normalized spacial score (nSPS) is 10.2. The number of methoxy groups -OCH3 is 1. The maximum Gasteiger partial charge on any atom is 0.243 e. The number of carbonyl (C=O) groups excluding carboxylic acids is 1. The lowest BCUT2D eigenvalue weighted by atomic mass is 10.2. The van der Waals surface area contributed by atoms with Crippen LogP contribution in [-0.4, -0.2) is 19.6 Å². The van der Waals surface area contributed by atoms with E-state index in [2.05, 4.69) is 10.6 Å². The van der Waals surface area contributed by atoms with E-state index in [1.54, 1.807) is 12.1 Å². The number of nitrogens with one attached hydrogen (secondary N) is 2. The molecule has 2 aromatic carbocycles. The average Bonchev–Trinajstić information content (AvgIpc) is 2.46. The number of benzene rings is 2. The van der Waals surface area contributed by atoms with Gasteiger partial charge in [0.1, 0.15) is 17.4 Å². The summed E-state index contributed by atoms with van der Waals surface area (Å²) < 4.78 is 31.3. The molecule has 0 saturated carbocycles. The molecule has 0 aromatic heterocycles. The van der Waals surface area contributed by atoms with E-state index in [-0.39, 0.29) is 12.2 Å². The van der Waals surface area contributed by atoms with Crippen LogP contribution in [0.1, 0.15) is 0 Å². The van der Waals surface area contributed by atoms with Crippen LogP contribution in [-0.2, 0) is 4.79 Å². The van der Waals surface area contributed by atoms with E-state index < -0.39 is 17.5 Å². The largest absolute Gasteiger partial charge is 0.495 e. The Hall–Kier alpha value is -2.34. The summed E-state index contributed by atoms with van der Waals surface area (Å²) in [7, 11) is 1.46. The lowest BCUT2D eigenvalue weighted by Gasteiger charge is -2.11. The minimum Gasteiger partial charge on any atom is -0.495 e. The number of hydrogen-bond donors (Lipinski definition) is 2. The molecule has 0 fully saturated rings. The second-order valence-corrected chi connectivity index (χ2v) is 4.81. The third-order valence-electron chi connectivity index (χ3n) is 2.81. The minimum atomic E-state index is -0.770. The monoisotopic (exact) mass is 326 g/mol. The van der Waals surface area contributed by atoms with E-state index in [0.29, 0.717) is 16.5 Å². The number of amides is 1. The van der Waals surface area contributed by atoms with E-state index >= 15 is 0 Å². The second kappa shape index (κ2) is 7.09. The van der Waals surface area contributed by atoms with Gasteiger partial charge in [-0.2, -0.15) is 0 Å². The first kappa shape index (κ1) is 16.0. The lowest BCUT2D eigenvalue weighted by Crippen LogP contribution is -2.22. The number of anilines is 2. The molecule has 116 valence electrons. The topological polar surface area (TPSA) is 50.4 Å². The van der Waals surface area contributed by atoms with Crippen molar-refractivity contribution in [1.82, 2.24) is 0 Å². The number of hydrogen-bond acceptors (Lipinski definition) is 3. The maximum atomic E-state index is 13.4. The van der Waals surface area contributed by atoms with E-state index in [4.69, 9.17) is 16.3 Å². The molecule has 2 N–H and O–H groups in total. The summed E-state index contributed by atoms with van der Waals surface area (Å²) in [4.78, 5) is 11.9. The molecule has 0 aliphatic heterocycles. The Balaban J connectivity index is 2.00. The molecule has 0 atom stereocenters. The van der Waals surface area contributed by atoms with Gasteiger partial charge in [0, 0.05) is 11.1 Å². The van der Waals surface area contributed by atoms with Gasteiger partial charge in [-0.05, 0) is 30.3 Å². The van der Waals surface area contributed by atoms with Gasteiger partial charge < -0.3 is 15.4 Å². The standard InChI is InChI=1S/C15H13ClF2N2O2/c1-22-14-5-2-9(16)6-13(14)20-15(21)8-19-12-4-3-10(17)7-11(12)18/h2-7,19H,8H2,1H3,(H,20,21). The number of halogens is 3. The minimum absolute atomic E-state index is 0.0367. The summed E-state index contributed by atoms with van der Waals surface area (Å²) in [5.74, 6) is -1.43. The molecule has 0 saturated heterocycles. The maximum absolute atomic E-state index is 13.4. The van der Waals surface area contributed by atoms with Crippen LogP contribution in [0.4, 0.5) is 20.2 Å². The van der Waals surface area contributed by atoms with Gasteiger partial charge in [-0.15, -0.1) is 0 Å². The average molecular weight is 327 g/mol. The van der Waals surface area contributed by atoms with Gasteiger partial charge >= 0.3 is 0 Å². The van der Waals surface area contributed by atoms with Gasteiger partial charge in [-0.3, -0.25) is 4.79 Å². The highest BCUT2D eigenvalue weighted by atomic mass is 35.5. The molecular weight excluding hydrogens is 314 g/mol. The van der Waals surface area contributed by atoms with E-state index in [1.807, 2.05) is 0 Å². The zero-order valence-electron chi connectivity index (χ0n) is 11.6. The van der Waals surface area contributed by atoms with Crippen molar-refractivity contribution in [3.8, 4) is 5.75 Å². The Morgan fingerprint density at radius 3 is 2.64 bits per heavy atom. The van der Waals surface area contributed by atoms with Crippen molar-refractivity contribution in [1.29, 1.82) is 0 Å². The molecular formula is C15H13ClF2N2O2. The molecule has 0 aliphatic carbocycles. The van der Waals surface area contributed by atoms with Crippen LogP contribution >= 0.6 is 11.6 Å². The Bertz CT molecular complexity index is 695. The van der Waals surface area contributed by atoms with Gasteiger partial charge in [0.05, 0.1) is 25.0 Å². The van der Waals surface area contributed by atoms with Gasteiger partial charge in [-0.25, -0.2) is 8.78 Å². The van der Waals surface area contributed by atoms with Gasteiger partial charge in [-0.1, -0.05) is 11.6 Å². The molecule has 2 rings (SSSR count). The summed E-state index contributed by atoms with van der Waals surface area (Å²) in [6.07, 6.45) is 0. The second-order valence-electron chi connectivity index (χ2n) is 4.37. The van der Waals surface area contributed by atoms with Crippen molar-refractivity contribution in [2.75, 3.05) is 24.3 Å². The number of ether oxygens (including phenoxy) is 1. The SMILES string of the molecule is COc1ccc(Cl)cc1NC(=O)CNc1ccc(F)cc1F. The van der Waals surface area contributed by atoms with Crippen molar-refractivity contribution in [2.24, 2.45) is 0 Å². The highest BCUT2D eigenvalue weighted by Gasteiger charge is 2.10. The van der Waals surface area contributed by atoms with Crippen LogP contribution in [0, 0.1) is 11.6 Å². The third kappa shape index (κ3) is 4.08. The molecule has 0 spiro atoms. The Morgan fingerprint density at radius 1 is 1.18 bits per heavy atom. The summed E-state index contributed by atoms with van der Waals surface area (Å²) >= 11 is 5.86. The Kier molecular flexibility index (Phi) is 5.16. The smallest absolute Gasteiger partial charge is 0.243 e. The quantitative estimate of drug-likeness (QED) is 0.881. The molecule has 4 nitrogen and oxygen atoms in total. The summed E-state index contributed by atoms with van der Waals surface area (Å²) in [5.41, 5.74) is 0.441. The van der Waals surface area contributed by atoms with Crippen LogP contribution in [0.3, 0.4) is 0 Å². The predicted molar refractivity (Wildman–Crippen MR) is 81.5 cm³/mol. The van der Waals surface area contributed by atoms with E-state index in [0.717, 1.165) is 12.1 Å². The van der Waals surface area contributed by atoms with Crippen molar-refractivity contribution in [3.63, 3.8) is 0 Å². The summed E-state index contributed by atoms with van der Waals surface area (Å²) in [5, 5.41) is 5.62. The van der Waals surface area contributed by atoms with Crippen LogP contribution in [0.25, 0.3) is 0 Å². The third-order valence-corrected chi connectivity index (χ3v) is 3.04. The summed E-state index contributed by atoms with van der Waals surface area (Å²) in [6.45, 7) is -0.196. The fraction of sp³-hybridized carbons (Fsp3) is 0.133. The molecule has 22 heavy (non-hydrogen) atoms. The fourth-order valence-corrected chi connectivity index (χ4v) is 1.95. The van der Waals surface area contributed by atoms with Crippen LogP contribution in [0.2, 0.25) is 5.02 Å². The fourth-order valence-electron chi connectivity index (χ4n) is 1.78. The zero-order chi connectivity index (χ0) is 16.1. The molecule has 0 unspecified atom stereocenters. The number of rotatable bonds is 5. The Morgan fingerprint density at radius 2 is 1.95 bits per heavy atom. The first-order chi connectivity index (χ1) is 10.5. The highest BCUT2D eigenvalue weighted by molar-refractivity contribution is 6.31. The first-order valence-corrected chi connectivity index (χ1v) is 6.69. The van der Waals surface area contributed by atoms with Crippen LogP contribution < -0.4 is 15.4 Å². The van der Waals surface area contributed by atoms with Gasteiger partial charge in [0.25, 0.3) is 0 Å². The van der Waals surface area contributed by atoms with Crippen molar-refractivity contribution >= 4 is 28.9 Å².